The number of methoxy groups -OCH3 is 1. The van der Waals surface area contributed by atoms with Gasteiger partial charge in [0.25, 0.3) is 5.69 Å². The highest BCUT2D eigenvalue weighted by Gasteiger charge is 2.30. The molecule has 0 saturated carbocycles. The lowest BCUT2D eigenvalue weighted by Crippen LogP contribution is -2.45. The lowest BCUT2D eigenvalue weighted by atomic mass is 10.1. The van der Waals surface area contributed by atoms with E-state index in [2.05, 4.69) is 4.72 Å². The van der Waals surface area contributed by atoms with Gasteiger partial charge >= 0.3 is 5.97 Å². The Morgan fingerprint density at radius 2 is 1.76 bits per heavy atom. The molecule has 2 aromatic rings. The third-order valence-electron chi connectivity index (χ3n) is 4.13. The van der Waals surface area contributed by atoms with Crippen LogP contribution in [0.1, 0.15) is 19.4 Å². The fourth-order valence-corrected chi connectivity index (χ4v) is 3.83. The van der Waals surface area contributed by atoms with E-state index in [1.165, 1.54) is 49.6 Å². The lowest BCUT2D eigenvalue weighted by molar-refractivity contribution is -0.385. The van der Waals surface area contributed by atoms with Gasteiger partial charge in [0, 0.05) is 6.07 Å². The van der Waals surface area contributed by atoms with Crippen molar-refractivity contribution in [3.05, 3.63) is 64.2 Å². The number of nitrogens with one attached hydrogen (secondary N) is 1. The molecule has 0 aliphatic carbocycles. The van der Waals surface area contributed by atoms with Crippen LogP contribution in [0.15, 0.2) is 53.4 Å². The molecule has 0 aromatic heterocycles. The molecule has 2 rings (SSSR count). The number of rotatable bonds is 9. The first-order chi connectivity index (χ1) is 13.7. The van der Waals surface area contributed by atoms with Crippen molar-refractivity contribution in [1.82, 2.24) is 4.72 Å². The van der Waals surface area contributed by atoms with Gasteiger partial charge in [0.15, 0.2) is 0 Å². The number of nitro groups is 1. The minimum Gasteiger partial charge on any atom is -0.497 e. The molecule has 0 aliphatic heterocycles. The summed E-state index contributed by atoms with van der Waals surface area (Å²) in [6.45, 7) is 2.98. The zero-order chi connectivity index (χ0) is 21.6. The zero-order valence-electron chi connectivity index (χ0n) is 16.2. The normalized spacial score (nSPS) is 12.4. The van der Waals surface area contributed by atoms with Crippen LogP contribution < -0.4 is 9.46 Å². The maximum absolute atomic E-state index is 12.6. The molecule has 0 aliphatic rings. The molecule has 0 spiro atoms. The molecule has 0 saturated heterocycles. The molecule has 0 unspecified atom stereocenters. The molecule has 9 nitrogen and oxygen atoms in total. The number of ether oxygens (including phenoxy) is 2. The van der Waals surface area contributed by atoms with E-state index in [4.69, 9.17) is 9.47 Å². The highest BCUT2D eigenvalue weighted by Crippen LogP contribution is 2.20. The summed E-state index contributed by atoms with van der Waals surface area (Å²) in [7, 11) is -2.53. The Hall–Kier alpha value is -2.98. The maximum Gasteiger partial charge on any atom is 0.324 e. The molecule has 0 bridgehead atoms. The van der Waals surface area contributed by atoms with E-state index in [1.54, 1.807) is 19.9 Å². The molecule has 2 aromatic carbocycles. The van der Waals surface area contributed by atoms with Gasteiger partial charge in [-0.3, -0.25) is 14.9 Å². The largest absolute Gasteiger partial charge is 0.497 e. The second kappa shape index (κ2) is 9.48. The van der Waals surface area contributed by atoms with Gasteiger partial charge in [-0.15, -0.1) is 0 Å². The minimum atomic E-state index is -3.99. The number of benzene rings is 2. The van der Waals surface area contributed by atoms with Crippen molar-refractivity contribution >= 4 is 21.7 Å². The number of hydrogen-bond acceptors (Lipinski definition) is 7. The van der Waals surface area contributed by atoms with Crippen molar-refractivity contribution in [2.45, 2.75) is 31.4 Å². The second-order valence-corrected chi connectivity index (χ2v) is 8.23. The van der Waals surface area contributed by atoms with Crippen LogP contribution in [-0.4, -0.2) is 32.5 Å². The smallest absolute Gasteiger partial charge is 0.324 e. The van der Waals surface area contributed by atoms with Crippen LogP contribution in [-0.2, 0) is 26.2 Å². The Labute approximate surface area is 168 Å². The Balaban J connectivity index is 2.14. The molecular formula is C19H22N2O7S. The van der Waals surface area contributed by atoms with Crippen LogP contribution in [0, 0.1) is 16.0 Å². The van der Waals surface area contributed by atoms with E-state index in [1.807, 2.05) is 0 Å². The van der Waals surface area contributed by atoms with Gasteiger partial charge in [-0.2, -0.15) is 4.72 Å². The fraction of sp³-hybridized carbons (Fsp3) is 0.316. The molecule has 29 heavy (non-hydrogen) atoms. The summed E-state index contributed by atoms with van der Waals surface area (Å²) >= 11 is 0. The molecule has 156 valence electrons. The predicted octanol–water partition coefficient (Wildman–Crippen LogP) is 2.65. The van der Waals surface area contributed by atoms with Crippen LogP contribution in [0.2, 0.25) is 0 Å². The number of carbonyl (C=O) groups excluding carboxylic acids is 1. The maximum atomic E-state index is 12.6. The van der Waals surface area contributed by atoms with Gasteiger partial charge in [0.1, 0.15) is 18.4 Å². The molecule has 0 radical (unpaired) electrons. The number of sulfonamides is 1. The number of nitro benzene ring substituents is 1. The van der Waals surface area contributed by atoms with E-state index in [0.717, 1.165) is 0 Å². The zero-order valence-corrected chi connectivity index (χ0v) is 17.0. The first kappa shape index (κ1) is 22.3. The van der Waals surface area contributed by atoms with Gasteiger partial charge < -0.3 is 9.47 Å². The molecular weight excluding hydrogens is 400 g/mol. The summed E-state index contributed by atoms with van der Waals surface area (Å²) in [5.41, 5.74) is 0.0339. The number of carbonyl (C=O) groups is 1. The molecule has 10 heteroatoms. The predicted molar refractivity (Wildman–Crippen MR) is 105 cm³/mol. The summed E-state index contributed by atoms with van der Waals surface area (Å²) < 4.78 is 37.8. The van der Waals surface area contributed by atoms with E-state index < -0.39 is 32.9 Å². The van der Waals surface area contributed by atoms with Crippen molar-refractivity contribution < 1.29 is 27.6 Å². The van der Waals surface area contributed by atoms with Crippen molar-refractivity contribution in [2.24, 2.45) is 5.92 Å². The van der Waals surface area contributed by atoms with Gasteiger partial charge in [-0.25, -0.2) is 8.42 Å². The van der Waals surface area contributed by atoms with Crippen LogP contribution in [0.5, 0.6) is 5.75 Å². The van der Waals surface area contributed by atoms with Crippen LogP contribution >= 0.6 is 0 Å². The summed E-state index contributed by atoms with van der Waals surface area (Å²) in [4.78, 5) is 23.0. The SMILES string of the molecule is COc1ccc(S(=O)(=O)N[C@H](C(=O)OCc2ccccc2[N+](=O)[O-])C(C)C)cc1. The van der Waals surface area contributed by atoms with Crippen molar-refractivity contribution in [3.63, 3.8) is 0 Å². The van der Waals surface area contributed by atoms with Crippen molar-refractivity contribution in [1.29, 1.82) is 0 Å². The molecule has 0 heterocycles. The number of para-hydroxylation sites is 1. The molecule has 1 atom stereocenters. The number of esters is 1. The third-order valence-corrected chi connectivity index (χ3v) is 5.59. The minimum absolute atomic E-state index is 0.0320. The number of nitrogens with zero attached hydrogens (tertiary/aromatic N) is 1. The van der Waals surface area contributed by atoms with Crippen LogP contribution in [0.4, 0.5) is 5.69 Å². The summed E-state index contributed by atoms with van der Waals surface area (Å²) in [6, 6.07) is 10.4. The Kier molecular flexibility index (Phi) is 7.29. The fourth-order valence-electron chi connectivity index (χ4n) is 2.50. The first-order valence-electron chi connectivity index (χ1n) is 8.71. The Morgan fingerprint density at radius 3 is 2.31 bits per heavy atom. The average Bonchev–Trinajstić information content (AvgIpc) is 2.70. The molecule has 1 N–H and O–H groups in total. The van der Waals surface area contributed by atoms with Crippen molar-refractivity contribution in [2.75, 3.05) is 7.11 Å². The van der Waals surface area contributed by atoms with Crippen LogP contribution in [0.3, 0.4) is 0 Å². The highest BCUT2D eigenvalue weighted by molar-refractivity contribution is 7.89. The number of hydrogen-bond donors (Lipinski definition) is 1. The lowest BCUT2D eigenvalue weighted by Gasteiger charge is -2.21. The summed E-state index contributed by atoms with van der Waals surface area (Å²) in [5, 5.41) is 11.1. The monoisotopic (exact) mass is 422 g/mol. The summed E-state index contributed by atoms with van der Waals surface area (Å²) in [5.74, 6) is -0.746. The highest BCUT2D eigenvalue weighted by atomic mass is 32.2. The van der Waals surface area contributed by atoms with Crippen LogP contribution in [0.25, 0.3) is 0 Å². The Bertz CT molecular complexity index is 972. The van der Waals surface area contributed by atoms with E-state index in [0.29, 0.717) is 5.75 Å². The van der Waals surface area contributed by atoms with Gasteiger partial charge in [0.2, 0.25) is 10.0 Å². The average molecular weight is 422 g/mol. The van der Waals surface area contributed by atoms with Gasteiger partial charge in [-0.05, 0) is 36.2 Å². The standard InChI is InChI=1S/C19H22N2O7S/c1-13(2)18(20-29(25,26)16-10-8-15(27-3)9-11-16)19(22)28-12-14-6-4-5-7-17(14)21(23)24/h4-11,13,18,20H,12H2,1-3H3/t18-/m0/s1. The van der Waals surface area contributed by atoms with E-state index in [-0.39, 0.29) is 22.8 Å². The van der Waals surface area contributed by atoms with Gasteiger partial charge in [-0.1, -0.05) is 26.0 Å². The first-order valence-corrected chi connectivity index (χ1v) is 10.2. The second-order valence-electron chi connectivity index (χ2n) is 6.51. The van der Waals surface area contributed by atoms with Crippen molar-refractivity contribution in [3.8, 4) is 5.75 Å². The molecule has 0 fully saturated rings. The quantitative estimate of drug-likeness (QED) is 0.374. The Morgan fingerprint density at radius 1 is 1.14 bits per heavy atom. The van der Waals surface area contributed by atoms with E-state index >= 15 is 0 Å². The summed E-state index contributed by atoms with van der Waals surface area (Å²) in [6.07, 6.45) is 0. The molecule has 0 amide bonds. The van der Waals surface area contributed by atoms with E-state index in [9.17, 15) is 23.3 Å². The topological polar surface area (TPSA) is 125 Å². The van der Waals surface area contributed by atoms with Gasteiger partial charge in [0.05, 0.1) is 22.5 Å². The third kappa shape index (κ3) is 5.75.